The highest BCUT2D eigenvalue weighted by Gasteiger charge is 2.23. The molecule has 24 rings (SSSR count). The van der Waals surface area contributed by atoms with E-state index < -0.39 is 0 Å². The molecular weight excluding hydrogens is 1750 g/mol. The Balaban J connectivity index is 0.000000123. The summed E-state index contributed by atoms with van der Waals surface area (Å²) < 4.78 is 0. The Kier molecular flexibility index (Phi) is 25.4. The Morgan fingerprint density at radius 3 is 0.618 bits per heavy atom. The predicted molar refractivity (Wildman–Crippen MR) is 584 cm³/mol. The molecule has 0 aliphatic heterocycles. The highest BCUT2D eigenvalue weighted by atomic mass is 15.1. The van der Waals surface area contributed by atoms with E-state index in [1.165, 1.54) is 37.9 Å². The third-order valence-electron chi connectivity index (χ3n) is 25.7. The van der Waals surface area contributed by atoms with E-state index in [1.54, 1.807) is 0 Å². The third kappa shape index (κ3) is 19.3. The van der Waals surface area contributed by atoms with Crippen molar-refractivity contribution in [3.63, 3.8) is 0 Å². The number of fused-ring (bicyclic) bond motifs is 3. The minimum atomic E-state index is 0.621. The zero-order valence-electron chi connectivity index (χ0n) is 77.9. The van der Waals surface area contributed by atoms with Gasteiger partial charge in [-0.05, 0) is 181 Å². The van der Waals surface area contributed by atoms with Gasteiger partial charge in [-0.25, -0.2) is 44.9 Å². The lowest BCUT2D eigenvalue weighted by Gasteiger charge is -2.16. The summed E-state index contributed by atoms with van der Waals surface area (Å²) in [5.74, 6) is 5.70. The van der Waals surface area contributed by atoms with Gasteiger partial charge in [0.1, 0.15) is 0 Å². The molecule has 21 aromatic carbocycles. The zero-order valence-corrected chi connectivity index (χ0v) is 77.9. The van der Waals surface area contributed by atoms with E-state index in [0.717, 1.165) is 145 Å². The first-order valence-corrected chi connectivity index (χ1v) is 47.5. The maximum absolute atomic E-state index is 9.39. The SMILES string of the molecule is N#Cc1ccc(-c2ccc(-c3ccc4ccccc4c3-c3cccc(-c4nc(-c5ccccc5)nc(-c5ccccc5)n4)c3)cc2)cc1.N#Cc1cccc(-c2ccc(-c3ccc4ccccc4c3-c3ccc(-c4nc(-c5ccccc5)nc(-c5ccccc5)n4)cc3)cc2)c1.N#Cc1cccc(-c2ccc(-c3ccc4ccccc4c3-c3cccc(-c4nc(-c5ccccc5)nc(-c5ccccc5)n4)c3)cc2)c1. The normalized spacial score (nSPS) is 10.9. The Labute approximate surface area is 834 Å². The molecule has 0 aliphatic rings. The second-order valence-electron chi connectivity index (χ2n) is 34.8. The lowest BCUT2D eigenvalue weighted by atomic mass is 9.88. The van der Waals surface area contributed by atoms with E-state index in [9.17, 15) is 15.8 Å². The number of hydrogen-bond acceptors (Lipinski definition) is 12. The highest BCUT2D eigenvalue weighted by molar-refractivity contribution is 6.08. The average Bonchev–Trinajstić information content (AvgIpc) is 0.764. The van der Waals surface area contributed by atoms with Gasteiger partial charge in [0, 0.05) is 50.1 Å². The van der Waals surface area contributed by atoms with Crippen molar-refractivity contribution in [3.8, 4) is 221 Å². The summed E-state index contributed by atoms with van der Waals surface area (Å²) in [6.07, 6.45) is 0. The lowest BCUT2D eigenvalue weighted by molar-refractivity contribution is 1.07. The van der Waals surface area contributed by atoms with Crippen LogP contribution >= 0.6 is 0 Å². The molecule has 0 aliphatic carbocycles. The van der Waals surface area contributed by atoms with Crippen LogP contribution in [0.2, 0.25) is 0 Å². The summed E-state index contributed by atoms with van der Waals surface area (Å²) in [5, 5.41) is 35.0. The van der Waals surface area contributed by atoms with Crippen molar-refractivity contribution < 1.29 is 0 Å². The summed E-state index contributed by atoms with van der Waals surface area (Å²) in [6.45, 7) is 0. The highest BCUT2D eigenvalue weighted by Crippen LogP contribution is 2.46. The molecule has 0 spiro atoms. The van der Waals surface area contributed by atoms with E-state index in [4.69, 9.17) is 44.9 Å². The first-order valence-electron chi connectivity index (χ1n) is 47.5. The molecule has 672 valence electrons. The van der Waals surface area contributed by atoms with Gasteiger partial charge in [0.2, 0.25) is 0 Å². The van der Waals surface area contributed by atoms with Gasteiger partial charge in [-0.2, -0.15) is 15.8 Å². The lowest BCUT2D eigenvalue weighted by Crippen LogP contribution is -2.00. The maximum Gasteiger partial charge on any atom is 0.164 e. The second kappa shape index (κ2) is 41.1. The van der Waals surface area contributed by atoms with Crippen molar-refractivity contribution in [1.29, 1.82) is 15.8 Å². The van der Waals surface area contributed by atoms with Gasteiger partial charge >= 0.3 is 0 Å². The van der Waals surface area contributed by atoms with Gasteiger partial charge in [-0.1, -0.05) is 461 Å². The quantitative estimate of drug-likeness (QED) is 0.0792. The molecule has 0 saturated heterocycles. The predicted octanol–water partition coefficient (Wildman–Crippen LogP) is 32.7. The molecule has 12 heteroatoms. The van der Waals surface area contributed by atoms with Gasteiger partial charge in [0.15, 0.2) is 52.4 Å². The van der Waals surface area contributed by atoms with Crippen molar-refractivity contribution in [2.24, 2.45) is 0 Å². The summed E-state index contributed by atoms with van der Waals surface area (Å²) >= 11 is 0. The Morgan fingerprint density at radius 2 is 0.326 bits per heavy atom. The third-order valence-corrected chi connectivity index (χ3v) is 25.7. The van der Waals surface area contributed by atoms with Crippen molar-refractivity contribution >= 4 is 32.3 Å². The van der Waals surface area contributed by atoms with Crippen LogP contribution in [0.15, 0.2) is 510 Å². The molecule has 3 aromatic heterocycles. The minimum Gasteiger partial charge on any atom is -0.208 e. The molecule has 144 heavy (non-hydrogen) atoms. The van der Waals surface area contributed by atoms with Crippen LogP contribution < -0.4 is 0 Å². The molecule has 0 unspecified atom stereocenters. The van der Waals surface area contributed by atoms with Gasteiger partial charge < -0.3 is 0 Å². The van der Waals surface area contributed by atoms with E-state index >= 15 is 0 Å². The van der Waals surface area contributed by atoms with E-state index in [2.05, 4.69) is 273 Å². The standard InChI is InChI=1S/3C44H28N4/c45-29-30-11-9-17-36(27-30)31-21-23-33(24-22-31)40-26-25-32-12-7-8-20-39(32)41(40)37-18-10-19-38(28-37)44-47-42(34-13-3-1-4-14-34)46-43(48-44)35-15-5-2-6-16-35;45-29-30-10-9-16-38(28-30)31-18-20-33(21-19-31)40-27-26-32-11-7-8-17-39(32)41(40)34-22-24-37(25-23-34)44-47-42(35-12-3-1-4-13-35)46-43(48-44)36-14-5-2-6-15-36;45-29-30-18-20-31(21-19-30)32-22-24-34(25-23-32)40-27-26-33-10-7-8-17-39(33)41(40)37-15-9-16-38(28-37)44-47-42(35-11-3-1-4-12-35)46-43(48-44)36-13-5-2-6-14-36/h3*1-28H. The number of hydrogen-bond donors (Lipinski definition) is 0. The fourth-order valence-corrected chi connectivity index (χ4v) is 18.5. The molecule has 0 fully saturated rings. The van der Waals surface area contributed by atoms with E-state index in [1.807, 2.05) is 255 Å². The molecule has 0 saturated carbocycles. The first-order chi connectivity index (χ1) is 71.2. The number of benzene rings is 21. The number of rotatable bonds is 18. The van der Waals surface area contributed by atoms with Crippen LogP contribution in [0.3, 0.4) is 0 Å². The Bertz CT molecular complexity index is 8790. The molecule has 12 nitrogen and oxygen atoms in total. The minimum absolute atomic E-state index is 0.621. The van der Waals surface area contributed by atoms with Crippen molar-refractivity contribution in [3.05, 3.63) is 526 Å². The maximum atomic E-state index is 9.39. The van der Waals surface area contributed by atoms with Gasteiger partial charge in [-0.3, -0.25) is 0 Å². The largest absolute Gasteiger partial charge is 0.208 e. The molecule has 0 radical (unpaired) electrons. The monoisotopic (exact) mass is 1840 g/mol. The topological polar surface area (TPSA) is 187 Å². The molecule has 3 heterocycles. The van der Waals surface area contributed by atoms with Gasteiger partial charge in [0.05, 0.1) is 34.9 Å². The van der Waals surface area contributed by atoms with Crippen molar-refractivity contribution in [2.75, 3.05) is 0 Å². The van der Waals surface area contributed by atoms with Crippen LogP contribution in [0.25, 0.3) is 235 Å². The molecule has 0 bridgehead atoms. The van der Waals surface area contributed by atoms with Crippen LogP contribution in [0.5, 0.6) is 0 Å². The van der Waals surface area contributed by atoms with Crippen LogP contribution in [0.1, 0.15) is 16.7 Å². The molecule has 0 N–H and O–H groups in total. The fraction of sp³-hybridized carbons (Fsp3) is 0. The summed E-state index contributed by atoms with van der Waals surface area (Å²) in [6, 6.07) is 180. The summed E-state index contributed by atoms with van der Waals surface area (Å²) in [4.78, 5) is 44.4. The van der Waals surface area contributed by atoms with Gasteiger partial charge in [0.25, 0.3) is 0 Å². The van der Waals surface area contributed by atoms with Crippen LogP contribution in [-0.4, -0.2) is 44.9 Å². The molecule has 0 amide bonds. The smallest absolute Gasteiger partial charge is 0.164 e. The van der Waals surface area contributed by atoms with Crippen molar-refractivity contribution in [1.82, 2.24) is 44.9 Å². The zero-order chi connectivity index (χ0) is 96.9. The number of nitriles is 3. The van der Waals surface area contributed by atoms with Crippen LogP contribution in [-0.2, 0) is 0 Å². The van der Waals surface area contributed by atoms with Crippen LogP contribution in [0.4, 0.5) is 0 Å². The molecule has 0 atom stereocenters. The summed E-state index contributed by atoms with van der Waals surface area (Å²) in [7, 11) is 0. The van der Waals surface area contributed by atoms with Gasteiger partial charge in [-0.15, -0.1) is 0 Å². The second-order valence-corrected chi connectivity index (χ2v) is 34.8. The number of nitrogens with zero attached hydrogens (tertiary/aromatic N) is 12. The van der Waals surface area contributed by atoms with E-state index in [-0.39, 0.29) is 0 Å². The first kappa shape index (κ1) is 89.1. The average molecular weight is 1840 g/mol. The fourth-order valence-electron chi connectivity index (χ4n) is 18.5. The molecule has 24 aromatic rings. The molecular formula is C132H84N12. The Morgan fingerprint density at radius 1 is 0.125 bits per heavy atom. The van der Waals surface area contributed by atoms with E-state index in [0.29, 0.717) is 69.1 Å². The number of aromatic nitrogens is 9. The summed E-state index contributed by atoms with van der Waals surface area (Å²) in [5.41, 5.74) is 30.2. The Hall–Kier alpha value is -20.1. The van der Waals surface area contributed by atoms with Crippen LogP contribution in [0, 0.1) is 34.0 Å². The van der Waals surface area contributed by atoms with Crippen molar-refractivity contribution in [2.45, 2.75) is 0 Å².